The van der Waals surface area contributed by atoms with Crippen molar-refractivity contribution in [3.8, 4) is 5.88 Å². The highest BCUT2D eigenvalue weighted by molar-refractivity contribution is 5.77. The Balaban J connectivity index is 1.94. The SMILES string of the molecule is C[C@@H](O)COc1nc(N)nc2c1ncn2[C@@H]1C[C@@H](O)[C@H](CO)O1. The molecule has 1 fully saturated rings. The normalized spacial score (nSPS) is 25.8. The van der Waals surface area contributed by atoms with Crippen LogP contribution in [0.4, 0.5) is 5.95 Å². The number of hydrogen-bond acceptors (Lipinski definition) is 9. The van der Waals surface area contributed by atoms with E-state index in [0.717, 1.165) is 0 Å². The van der Waals surface area contributed by atoms with Gasteiger partial charge < -0.3 is 30.5 Å². The van der Waals surface area contributed by atoms with Crippen molar-refractivity contribution in [2.45, 2.75) is 37.9 Å². The average molecular weight is 325 g/mol. The maximum Gasteiger partial charge on any atom is 0.247 e. The smallest absolute Gasteiger partial charge is 0.247 e. The summed E-state index contributed by atoms with van der Waals surface area (Å²) in [5.41, 5.74) is 6.48. The van der Waals surface area contributed by atoms with Crippen LogP contribution in [-0.2, 0) is 4.74 Å². The van der Waals surface area contributed by atoms with Crippen molar-refractivity contribution in [1.29, 1.82) is 0 Å². The lowest BCUT2D eigenvalue weighted by atomic mass is 10.2. The van der Waals surface area contributed by atoms with Crippen molar-refractivity contribution in [3.63, 3.8) is 0 Å². The maximum absolute atomic E-state index is 9.86. The van der Waals surface area contributed by atoms with Gasteiger partial charge in [-0.3, -0.25) is 4.57 Å². The van der Waals surface area contributed by atoms with Crippen molar-refractivity contribution >= 4 is 17.1 Å². The fraction of sp³-hybridized carbons (Fsp3) is 0.615. The monoisotopic (exact) mass is 325 g/mol. The molecule has 1 saturated heterocycles. The Hall–Kier alpha value is -2.01. The number of fused-ring (bicyclic) bond motifs is 1. The molecule has 10 heteroatoms. The lowest BCUT2D eigenvalue weighted by Gasteiger charge is -2.14. The number of anilines is 1. The van der Waals surface area contributed by atoms with E-state index in [9.17, 15) is 15.3 Å². The summed E-state index contributed by atoms with van der Waals surface area (Å²) in [7, 11) is 0. The van der Waals surface area contributed by atoms with Gasteiger partial charge in [0.2, 0.25) is 11.8 Å². The molecular formula is C13H19N5O5. The molecule has 3 rings (SSSR count). The van der Waals surface area contributed by atoms with E-state index in [-0.39, 0.29) is 25.0 Å². The van der Waals surface area contributed by atoms with Gasteiger partial charge in [-0.15, -0.1) is 0 Å². The van der Waals surface area contributed by atoms with Gasteiger partial charge in [0.1, 0.15) is 18.9 Å². The van der Waals surface area contributed by atoms with Crippen LogP contribution in [0.15, 0.2) is 6.33 Å². The second-order valence-corrected chi connectivity index (χ2v) is 5.49. The summed E-state index contributed by atoms with van der Waals surface area (Å²) in [6.45, 7) is 1.36. The Labute approximate surface area is 131 Å². The number of aliphatic hydroxyl groups is 3. The topological polar surface area (TPSA) is 149 Å². The van der Waals surface area contributed by atoms with Gasteiger partial charge in [-0.05, 0) is 6.92 Å². The number of rotatable bonds is 5. The zero-order chi connectivity index (χ0) is 16.6. The molecule has 1 aliphatic heterocycles. The third-order valence-corrected chi connectivity index (χ3v) is 3.56. The first kappa shape index (κ1) is 15.9. The Kier molecular flexibility index (Phi) is 4.31. The van der Waals surface area contributed by atoms with E-state index < -0.39 is 24.5 Å². The van der Waals surface area contributed by atoms with Crippen LogP contribution in [0.3, 0.4) is 0 Å². The van der Waals surface area contributed by atoms with Crippen molar-refractivity contribution in [2.75, 3.05) is 18.9 Å². The van der Waals surface area contributed by atoms with Gasteiger partial charge in [-0.1, -0.05) is 0 Å². The van der Waals surface area contributed by atoms with E-state index in [1.165, 1.54) is 6.33 Å². The summed E-state index contributed by atoms with van der Waals surface area (Å²) in [6.07, 6.45) is -0.821. The molecule has 126 valence electrons. The van der Waals surface area contributed by atoms with Crippen molar-refractivity contribution in [1.82, 2.24) is 19.5 Å². The van der Waals surface area contributed by atoms with Gasteiger partial charge in [0, 0.05) is 6.42 Å². The summed E-state index contributed by atoms with van der Waals surface area (Å²) >= 11 is 0. The lowest BCUT2D eigenvalue weighted by Crippen LogP contribution is -2.24. The molecule has 3 heterocycles. The van der Waals surface area contributed by atoms with E-state index in [1.54, 1.807) is 11.5 Å². The van der Waals surface area contributed by atoms with Gasteiger partial charge in [0.15, 0.2) is 11.2 Å². The Morgan fingerprint density at radius 2 is 2.30 bits per heavy atom. The van der Waals surface area contributed by atoms with Gasteiger partial charge in [-0.25, -0.2) is 4.98 Å². The quantitative estimate of drug-likeness (QED) is 0.532. The number of nitrogen functional groups attached to an aromatic ring is 1. The molecule has 0 radical (unpaired) electrons. The van der Waals surface area contributed by atoms with Crippen LogP contribution in [0, 0.1) is 0 Å². The second kappa shape index (κ2) is 6.24. The molecule has 0 aliphatic carbocycles. The first-order chi connectivity index (χ1) is 11.0. The van der Waals surface area contributed by atoms with Crippen molar-refractivity contribution < 1.29 is 24.8 Å². The Morgan fingerprint density at radius 1 is 1.52 bits per heavy atom. The summed E-state index contributed by atoms with van der Waals surface area (Å²) in [5, 5.41) is 28.4. The summed E-state index contributed by atoms with van der Waals surface area (Å²) in [6, 6.07) is 0. The fourth-order valence-electron chi connectivity index (χ4n) is 2.47. The molecule has 0 saturated carbocycles. The van der Waals surface area contributed by atoms with Crippen LogP contribution >= 0.6 is 0 Å². The molecule has 5 N–H and O–H groups in total. The Bertz CT molecular complexity index is 691. The molecule has 4 atom stereocenters. The lowest BCUT2D eigenvalue weighted by molar-refractivity contribution is -0.0432. The summed E-state index contributed by atoms with van der Waals surface area (Å²) in [5.74, 6) is 0.168. The van der Waals surface area contributed by atoms with Gasteiger partial charge in [0.05, 0.1) is 25.1 Å². The number of nitrogens with zero attached hydrogens (tertiary/aromatic N) is 4. The van der Waals surface area contributed by atoms with Crippen LogP contribution in [0.2, 0.25) is 0 Å². The molecule has 1 aliphatic rings. The molecule has 0 bridgehead atoms. The summed E-state index contributed by atoms with van der Waals surface area (Å²) in [4.78, 5) is 12.3. The molecule has 2 aromatic rings. The highest BCUT2D eigenvalue weighted by Gasteiger charge is 2.35. The molecule has 0 amide bonds. The van der Waals surface area contributed by atoms with Crippen molar-refractivity contribution in [2.24, 2.45) is 0 Å². The minimum absolute atomic E-state index is 0.00269. The molecule has 0 unspecified atom stereocenters. The first-order valence-electron chi connectivity index (χ1n) is 7.25. The van der Waals surface area contributed by atoms with E-state index in [1.807, 2.05) is 0 Å². The molecule has 0 aromatic carbocycles. The van der Waals surface area contributed by atoms with Gasteiger partial charge >= 0.3 is 0 Å². The summed E-state index contributed by atoms with van der Waals surface area (Å²) < 4.78 is 12.6. The second-order valence-electron chi connectivity index (χ2n) is 5.49. The zero-order valence-electron chi connectivity index (χ0n) is 12.5. The largest absolute Gasteiger partial charge is 0.473 e. The molecular weight excluding hydrogens is 306 g/mol. The number of imidazole rings is 1. The molecule has 23 heavy (non-hydrogen) atoms. The van der Waals surface area contributed by atoms with Crippen LogP contribution in [0.5, 0.6) is 5.88 Å². The molecule has 2 aromatic heterocycles. The van der Waals surface area contributed by atoms with E-state index in [4.69, 9.17) is 15.2 Å². The third kappa shape index (κ3) is 3.06. The highest BCUT2D eigenvalue weighted by Crippen LogP contribution is 2.32. The average Bonchev–Trinajstić information content (AvgIpc) is 3.07. The highest BCUT2D eigenvalue weighted by atomic mass is 16.5. The number of aromatic nitrogens is 4. The first-order valence-corrected chi connectivity index (χ1v) is 7.25. The van der Waals surface area contributed by atoms with Crippen LogP contribution in [-0.4, -0.2) is 66.4 Å². The minimum Gasteiger partial charge on any atom is -0.473 e. The minimum atomic E-state index is -0.771. The standard InChI is InChI=1S/C13H19N5O5/c1-6(20)4-22-12-10-11(16-13(14)17-12)18(5-15-10)9-2-7(21)8(3-19)23-9/h5-9,19-21H,2-4H2,1H3,(H2,14,16,17)/t6-,7-,8+,9+/m1/s1. The van der Waals surface area contributed by atoms with Gasteiger partial charge in [0.25, 0.3) is 0 Å². The van der Waals surface area contributed by atoms with Crippen LogP contribution in [0.1, 0.15) is 19.6 Å². The predicted octanol–water partition coefficient (Wildman–Crippen LogP) is -1.19. The number of ether oxygens (including phenoxy) is 2. The number of hydrogen-bond donors (Lipinski definition) is 4. The number of nitrogens with two attached hydrogens (primary N) is 1. The zero-order valence-corrected chi connectivity index (χ0v) is 12.5. The van der Waals surface area contributed by atoms with Gasteiger partial charge in [-0.2, -0.15) is 9.97 Å². The number of aliphatic hydroxyl groups excluding tert-OH is 3. The van der Waals surface area contributed by atoms with E-state index >= 15 is 0 Å². The van der Waals surface area contributed by atoms with E-state index in [2.05, 4.69) is 15.0 Å². The Morgan fingerprint density at radius 3 is 2.96 bits per heavy atom. The maximum atomic E-state index is 9.86. The molecule has 10 nitrogen and oxygen atoms in total. The fourth-order valence-corrected chi connectivity index (χ4v) is 2.47. The van der Waals surface area contributed by atoms with Crippen LogP contribution in [0.25, 0.3) is 11.2 Å². The third-order valence-electron chi connectivity index (χ3n) is 3.56. The van der Waals surface area contributed by atoms with Crippen molar-refractivity contribution in [3.05, 3.63) is 6.33 Å². The predicted molar refractivity (Wildman–Crippen MR) is 78.5 cm³/mol. The van der Waals surface area contributed by atoms with E-state index in [0.29, 0.717) is 17.6 Å². The molecule has 0 spiro atoms. The van der Waals surface area contributed by atoms with Crippen LogP contribution < -0.4 is 10.5 Å².